The summed E-state index contributed by atoms with van der Waals surface area (Å²) in [7, 11) is 1.53. The summed E-state index contributed by atoms with van der Waals surface area (Å²) in [4.78, 5) is 32.1. The van der Waals surface area contributed by atoms with E-state index in [-0.39, 0.29) is 17.3 Å². The van der Waals surface area contributed by atoms with Crippen LogP contribution in [-0.2, 0) is 0 Å². The molecule has 2 aromatic rings. The van der Waals surface area contributed by atoms with Crippen LogP contribution in [0.5, 0.6) is 0 Å². The summed E-state index contributed by atoms with van der Waals surface area (Å²) in [6.07, 6.45) is 4.37. The van der Waals surface area contributed by atoms with Gasteiger partial charge in [-0.15, -0.1) is 0 Å². The van der Waals surface area contributed by atoms with Gasteiger partial charge in [-0.1, -0.05) is 0 Å². The van der Waals surface area contributed by atoms with Crippen LogP contribution in [0.25, 0.3) is 0 Å². The fraction of sp³-hybridized carbons (Fsp3) is 0.0769. The van der Waals surface area contributed by atoms with Gasteiger partial charge in [-0.05, 0) is 24.3 Å². The molecule has 0 aliphatic rings. The van der Waals surface area contributed by atoms with Crippen LogP contribution in [0.2, 0.25) is 0 Å². The van der Waals surface area contributed by atoms with E-state index in [1.807, 2.05) is 0 Å². The zero-order valence-electron chi connectivity index (χ0n) is 10.1. The van der Waals surface area contributed by atoms with E-state index in [0.29, 0.717) is 5.56 Å². The average Bonchev–Trinajstić information content (AvgIpc) is 2.46. The van der Waals surface area contributed by atoms with Gasteiger partial charge < -0.3 is 5.11 Å². The van der Waals surface area contributed by atoms with Gasteiger partial charge in [-0.2, -0.15) is 0 Å². The molecule has 19 heavy (non-hydrogen) atoms. The lowest BCUT2D eigenvalue weighted by Crippen LogP contribution is -2.27. The second-order valence-corrected chi connectivity index (χ2v) is 3.81. The normalized spacial score (nSPS) is 9.95. The molecule has 0 aromatic carbocycles. The van der Waals surface area contributed by atoms with Crippen molar-refractivity contribution in [2.75, 3.05) is 11.9 Å². The first-order valence-corrected chi connectivity index (χ1v) is 5.47. The summed E-state index contributed by atoms with van der Waals surface area (Å²) in [5, 5.41) is 8.91. The maximum Gasteiger partial charge on any atom is 0.335 e. The van der Waals surface area contributed by atoms with Gasteiger partial charge in [0.25, 0.3) is 5.91 Å². The minimum absolute atomic E-state index is 0.0795. The minimum Gasteiger partial charge on any atom is -0.478 e. The summed E-state index contributed by atoms with van der Waals surface area (Å²) in [5.41, 5.74) is 0.489. The van der Waals surface area contributed by atoms with Gasteiger partial charge in [0, 0.05) is 25.6 Å². The Bertz CT molecular complexity index is 614. The number of aromatic carboxylic acids is 1. The van der Waals surface area contributed by atoms with E-state index in [4.69, 9.17) is 5.11 Å². The standard InChI is InChI=1S/C13H11N3O3/c1-16(12(17)10-3-2-5-14-8-10)11-7-9(13(18)19)4-6-15-11/h2-8H,1H3,(H,18,19). The van der Waals surface area contributed by atoms with Crippen molar-refractivity contribution in [2.45, 2.75) is 0 Å². The predicted molar refractivity (Wildman–Crippen MR) is 68.2 cm³/mol. The highest BCUT2D eigenvalue weighted by Crippen LogP contribution is 2.14. The monoisotopic (exact) mass is 257 g/mol. The van der Waals surface area contributed by atoms with E-state index in [0.717, 1.165) is 0 Å². The number of amides is 1. The molecule has 0 radical (unpaired) electrons. The molecule has 0 fully saturated rings. The van der Waals surface area contributed by atoms with Gasteiger partial charge in [0.2, 0.25) is 0 Å². The molecule has 6 heteroatoms. The van der Waals surface area contributed by atoms with Gasteiger partial charge in [-0.3, -0.25) is 14.7 Å². The third-order valence-electron chi connectivity index (χ3n) is 2.55. The van der Waals surface area contributed by atoms with Crippen molar-refractivity contribution in [3.63, 3.8) is 0 Å². The highest BCUT2D eigenvalue weighted by Gasteiger charge is 2.15. The Kier molecular flexibility index (Phi) is 3.51. The van der Waals surface area contributed by atoms with Gasteiger partial charge in [0.15, 0.2) is 0 Å². The number of aromatic nitrogens is 2. The first kappa shape index (κ1) is 12.7. The molecular weight excluding hydrogens is 246 g/mol. The van der Waals surface area contributed by atoms with Crippen molar-refractivity contribution in [3.05, 3.63) is 54.0 Å². The van der Waals surface area contributed by atoms with E-state index in [1.54, 1.807) is 18.3 Å². The van der Waals surface area contributed by atoms with E-state index in [2.05, 4.69) is 9.97 Å². The number of carboxylic acids is 1. The molecule has 0 spiro atoms. The van der Waals surface area contributed by atoms with Crippen LogP contribution < -0.4 is 4.90 Å². The summed E-state index contributed by atoms with van der Waals surface area (Å²) in [6.45, 7) is 0. The second kappa shape index (κ2) is 5.26. The van der Waals surface area contributed by atoms with Crippen LogP contribution in [0.15, 0.2) is 42.9 Å². The van der Waals surface area contributed by atoms with Crippen molar-refractivity contribution >= 4 is 17.7 Å². The topological polar surface area (TPSA) is 83.4 Å². The summed E-state index contributed by atoms with van der Waals surface area (Å²) in [5.74, 6) is -1.09. The van der Waals surface area contributed by atoms with Gasteiger partial charge >= 0.3 is 5.97 Å². The lowest BCUT2D eigenvalue weighted by atomic mass is 10.2. The largest absolute Gasteiger partial charge is 0.478 e. The van der Waals surface area contributed by atoms with Crippen molar-refractivity contribution in [1.82, 2.24) is 9.97 Å². The molecular formula is C13H11N3O3. The predicted octanol–water partition coefficient (Wildman–Crippen LogP) is 1.45. The Morgan fingerprint density at radius 3 is 2.63 bits per heavy atom. The molecule has 96 valence electrons. The smallest absolute Gasteiger partial charge is 0.335 e. The van der Waals surface area contributed by atoms with Gasteiger partial charge in [0.1, 0.15) is 5.82 Å². The Balaban J connectivity index is 2.29. The van der Waals surface area contributed by atoms with E-state index >= 15 is 0 Å². The van der Waals surface area contributed by atoms with Gasteiger partial charge in [-0.25, -0.2) is 9.78 Å². The SMILES string of the molecule is CN(C(=O)c1cccnc1)c1cc(C(=O)O)ccn1. The van der Waals surface area contributed by atoms with Crippen LogP contribution in [-0.4, -0.2) is 34.0 Å². The maximum absolute atomic E-state index is 12.1. The third-order valence-corrected chi connectivity index (χ3v) is 2.55. The molecule has 0 saturated carbocycles. The fourth-order valence-corrected chi connectivity index (χ4v) is 1.52. The molecule has 1 N–H and O–H groups in total. The van der Waals surface area contributed by atoms with Crippen molar-refractivity contribution in [1.29, 1.82) is 0 Å². The lowest BCUT2D eigenvalue weighted by Gasteiger charge is -2.16. The number of carbonyl (C=O) groups is 2. The van der Waals surface area contributed by atoms with Crippen molar-refractivity contribution in [3.8, 4) is 0 Å². The molecule has 0 atom stereocenters. The quantitative estimate of drug-likeness (QED) is 0.899. The number of nitrogens with zero attached hydrogens (tertiary/aromatic N) is 3. The maximum atomic E-state index is 12.1. The van der Waals surface area contributed by atoms with Crippen LogP contribution in [0.1, 0.15) is 20.7 Å². The second-order valence-electron chi connectivity index (χ2n) is 3.81. The Morgan fingerprint density at radius 1 is 1.21 bits per heavy atom. The molecule has 2 rings (SSSR count). The zero-order valence-corrected chi connectivity index (χ0v) is 10.1. The first-order chi connectivity index (χ1) is 9.09. The van der Waals surface area contributed by atoms with Crippen LogP contribution >= 0.6 is 0 Å². The fourth-order valence-electron chi connectivity index (χ4n) is 1.52. The summed E-state index contributed by atoms with van der Waals surface area (Å²) in [6, 6.07) is 6.00. The molecule has 2 heterocycles. The molecule has 0 bridgehead atoms. The molecule has 0 saturated heterocycles. The van der Waals surface area contributed by atoms with Crippen LogP contribution in [0, 0.1) is 0 Å². The van der Waals surface area contributed by atoms with Gasteiger partial charge in [0.05, 0.1) is 11.1 Å². The minimum atomic E-state index is -1.06. The van der Waals surface area contributed by atoms with E-state index in [1.165, 1.54) is 36.5 Å². The lowest BCUT2D eigenvalue weighted by molar-refractivity contribution is 0.0696. The zero-order chi connectivity index (χ0) is 13.8. The number of rotatable bonds is 3. The highest BCUT2D eigenvalue weighted by molar-refractivity contribution is 6.05. The number of carboxylic acid groups (broad SMARTS) is 1. The molecule has 2 aromatic heterocycles. The highest BCUT2D eigenvalue weighted by atomic mass is 16.4. The van der Waals surface area contributed by atoms with E-state index < -0.39 is 5.97 Å². The average molecular weight is 257 g/mol. The van der Waals surface area contributed by atoms with Crippen molar-refractivity contribution in [2.24, 2.45) is 0 Å². The number of hydrogen-bond acceptors (Lipinski definition) is 4. The summed E-state index contributed by atoms with van der Waals surface area (Å²) >= 11 is 0. The number of carbonyl (C=O) groups excluding carboxylic acids is 1. The molecule has 0 aliphatic carbocycles. The number of pyridine rings is 2. The molecule has 6 nitrogen and oxygen atoms in total. The van der Waals surface area contributed by atoms with E-state index in [9.17, 15) is 9.59 Å². The van der Waals surface area contributed by atoms with Crippen LogP contribution in [0.4, 0.5) is 5.82 Å². The Hall–Kier alpha value is -2.76. The summed E-state index contributed by atoms with van der Waals surface area (Å²) < 4.78 is 0. The Labute approximate surface area is 109 Å². The number of hydrogen-bond donors (Lipinski definition) is 1. The molecule has 1 amide bonds. The molecule has 0 unspecified atom stereocenters. The first-order valence-electron chi connectivity index (χ1n) is 5.47. The molecule has 0 aliphatic heterocycles. The van der Waals surface area contributed by atoms with Crippen molar-refractivity contribution < 1.29 is 14.7 Å². The van der Waals surface area contributed by atoms with Crippen LogP contribution in [0.3, 0.4) is 0 Å². The number of anilines is 1. The Morgan fingerprint density at radius 2 is 2.00 bits per heavy atom. The third kappa shape index (κ3) is 2.74.